The lowest BCUT2D eigenvalue weighted by molar-refractivity contribution is 0.0983. The van der Waals surface area contributed by atoms with E-state index in [1.54, 1.807) is 17.4 Å². The molecule has 3 rings (SSSR count). The summed E-state index contributed by atoms with van der Waals surface area (Å²) in [5.74, 6) is -1.82. The number of benzene rings is 1. The number of nitrogens with zero attached hydrogens (tertiary/aromatic N) is 1. The van der Waals surface area contributed by atoms with Crippen LogP contribution in [0, 0.1) is 17.1 Å². The Morgan fingerprint density at radius 1 is 1.29 bits per heavy atom. The van der Waals surface area contributed by atoms with Gasteiger partial charge in [0.25, 0.3) is 0 Å². The van der Waals surface area contributed by atoms with Crippen LogP contribution in [0.1, 0.15) is 21.2 Å². The van der Waals surface area contributed by atoms with Gasteiger partial charge in [-0.05, 0) is 35.2 Å². The first-order valence-electron chi connectivity index (χ1n) is 5.96. The maximum atomic E-state index is 13.1. The number of thiophene rings is 2. The molecule has 2 heterocycles. The van der Waals surface area contributed by atoms with E-state index >= 15 is 0 Å². The van der Waals surface area contributed by atoms with Crippen LogP contribution in [0.3, 0.4) is 0 Å². The van der Waals surface area contributed by atoms with Gasteiger partial charge in [0.15, 0.2) is 5.78 Å². The van der Waals surface area contributed by atoms with Crippen molar-refractivity contribution in [2.45, 2.75) is 5.92 Å². The number of hydrogen-bond donors (Lipinski definition) is 0. The fraction of sp³-hybridized carbons (Fsp3) is 0.0667. The van der Waals surface area contributed by atoms with Crippen molar-refractivity contribution >= 4 is 49.5 Å². The summed E-state index contributed by atoms with van der Waals surface area (Å²) < 4.78 is 15.1. The van der Waals surface area contributed by atoms with Gasteiger partial charge < -0.3 is 0 Å². The van der Waals surface area contributed by atoms with Gasteiger partial charge >= 0.3 is 0 Å². The van der Waals surface area contributed by atoms with Crippen LogP contribution in [0.4, 0.5) is 4.39 Å². The zero-order valence-corrected chi connectivity index (χ0v) is 12.9. The lowest BCUT2D eigenvalue weighted by Gasteiger charge is -2.09. The van der Waals surface area contributed by atoms with Crippen LogP contribution in [0.25, 0.3) is 9.40 Å². The summed E-state index contributed by atoms with van der Waals surface area (Å²) in [5.41, 5.74) is 0.335. The summed E-state index contributed by atoms with van der Waals surface area (Å²) in [6.45, 7) is 0. The molecular weight excluding hydrogens is 329 g/mol. The lowest BCUT2D eigenvalue weighted by atomic mass is 9.95. The maximum Gasteiger partial charge on any atom is 0.194 e. The molecule has 0 saturated carbocycles. The zero-order valence-electron chi connectivity index (χ0n) is 10.5. The number of fused-ring (bicyclic) bond motifs is 1. The van der Waals surface area contributed by atoms with Crippen molar-refractivity contribution in [3.8, 4) is 6.07 Å². The van der Waals surface area contributed by atoms with E-state index in [4.69, 9.17) is 11.6 Å². The van der Waals surface area contributed by atoms with Crippen LogP contribution in [-0.2, 0) is 0 Å². The molecule has 2 aromatic heterocycles. The number of halogens is 2. The van der Waals surface area contributed by atoms with Gasteiger partial charge in [0.2, 0.25) is 0 Å². The third-order valence-corrected chi connectivity index (χ3v) is 5.48. The molecule has 0 spiro atoms. The Morgan fingerprint density at radius 2 is 2.10 bits per heavy atom. The van der Waals surface area contributed by atoms with Gasteiger partial charge in [-0.25, -0.2) is 4.39 Å². The molecule has 0 aliphatic rings. The molecule has 1 unspecified atom stereocenters. The van der Waals surface area contributed by atoms with Crippen LogP contribution in [0.15, 0.2) is 35.7 Å². The van der Waals surface area contributed by atoms with Crippen molar-refractivity contribution in [1.29, 1.82) is 5.26 Å². The van der Waals surface area contributed by atoms with E-state index in [0.29, 0.717) is 10.4 Å². The van der Waals surface area contributed by atoms with Crippen molar-refractivity contribution < 1.29 is 9.18 Å². The first-order chi connectivity index (χ1) is 10.1. The van der Waals surface area contributed by atoms with Gasteiger partial charge in [-0.15, -0.1) is 22.7 Å². The van der Waals surface area contributed by atoms with Gasteiger partial charge in [-0.1, -0.05) is 17.7 Å². The molecule has 0 saturated heterocycles. The van der Waals surface area contributed by atoms with Crippen LogP contribution in [-0.4, -0.2) is 5.78 Å². The highest BCUT2D eigenvalue weighted by Gasteiger charge is 2.25. The molecule has 0 aliphatic heterocycles. The van der Waals surface area contributed by atoms with Crippen LogP contribution >= 0.6 is 34.3 Å². The van der Waals surface area contributed by atoms with E-state index in [2.05, 4.69) is 0 Å². The van der Waals surface area contributed by atoms with Gasteiger partial charge in [-0.2, -0.15) is 5.26 Å². The standard InChI is InChI=1S/C15H7ClFNOS2/c16-11-5-8(17)1-2-9(11)10(7-18)15(19)14-6-13-12(21-14)3-4-20-13/h1-6,10H. The predicted molar refractivity (Wildman–Crippen MR) is 83.8 cm³/mol. The minimum Gasteiger partial charge on any atom is -0.291 e. The number of hydrogen-bond acceptors (Lipinski definition) is 4. The second-order valence-corrected chi connectivity index (χ2v) is 6.79. The molecule has 0 aliphatic carbocycles. The largest absolute Gasteiger partial charge is 0.291 e. The summed E-state index contributed by atoms with van der Waals surface area (Å²) in [5, 5.41) is 11.4. The molecule has 21 heavy (non-hydrogen) atoms. The number of ketones is 1. The Bertz CT molecular complexity index is 849. The predicted octanol–water partition coefficient (Wildman–Crippen LogP) is 5.25. The molecule has 0 radical (unpaired) electrons. The van der Waals surface area contributed by atoms with Gasteiger partial charge in [0.1, 0.15) is 11.7 Å². The molecule has 104 valence electrons. The van der Waals surface area contributed by atoms with E-state index in [0.717, 1.165) is 15.5 Å². The summed E-state index contributed by atoms with van der Waals surface area (Å²) in [7, 11) is 0. The fourth-order valence-electron chi connectivity index (χ4n) is 2.03. The normalized spacial score (nSPS) is 12.2. The summed E-state index contributed by atoms with van der Waals surface area (Å²) in [6, 6.07) is 9.39. The van der Waals surface area contributed by atoms with Crippen molar-refractivity contribution in [2.24, 2.45) is 0 Å². The lowest BCUT2D eigenvalue weighted by Crippen LogP contribution is -2.10. The van der Waals surface area contributed by atoms with E-state index in [1.165, 1.54) is 23.5 Å². The van der Waals surface area contributed by atoms with E-state index in [-0.39, 0.29) is 10.8 Å². The SMILES string of the molecule is N#CC(C(=O)c1cc2sccc2s1)c1ccc(F)cc1Cl. The molecule has 1 atom stereocenters. The number of carbonyl (C=O) groups excluding carboxylic acids is 1. The number of Topliss-reactive ketones (excluding diaryl/α,β-unsaturated/α-hetero) is 1. The fourth-order valence-corrected chi connectivity index (χ4v) is 4.39. The van der Waals surface area contributed by atoms with Crippen molar-refractivity contribution in [3.63, 3.8) is 0 Å². The highest BCUT2D eigenvalue weighted by atomic mass is 35.5. The summed E-state index contributed by atoms with van der Waals surface area (Å²) >= 11 is 8.85. The number of nitriles is 1. The number of rotatable bonds is 3. The first kappa shape index (κ1) is 14.2. The highest BCUT2D eigenvalue weighted by molar-refractivity contribution is 7.27. The van der Waals surface area contributed by atoms with Gasteiger partial charge in [-0.3, -0.25) is 4.79 Å². The van der Waals surface area contributed by atoms with Crippen LogP contribution in [0.5, 0.6) is 0 Å². The van der Waals surface area contributed by atoms with E-state index in [1.807, 2.05) is 17.5 Å². The van der Waals surface area contributed by atoms with Gasteiger partial charge in [0, 0.05) is 14.4 Å². The Hall–Kier alpha value is -1.74. The molecular formula is C15H7ClFNOS2. The second kappa shape index (κ2) is 5.57. The minimum absolute atomic E-state index is 0.0910. The Kier molecular flexibility index (Phi) is 3.77. The third-order valence-electron chi connectivity index (χ3n) is 3.05. The van der Waals surface area contributed by atoms with Crippen molar-refractivity contribution in [1.82, 2.24) is 0 Å². The zero-order chi connectivity index (χ0) is 15.0. The molecule has 1 aromatic carbocycles. The Morgan fingerprint density at radius 3 is 2.76 bits per heavy atom. The summed E-state index contributed by atoms with van der Waals surface area (Å²) in [4.78, 5) is 13.0. The maximum absolute atomic E-state index is 13.1. The monoisotopic (exact) mass is 335 g/mol. The third kappa shape index (κ3) is 2.58. The quantitative estimate of drug-likeness (QED) is 0.614. The average molecular weight is 336 g/mol. The molecule has 0 amide bonds. The molecule has 0 bridgehead atoms. The molecule has 0 fully saturated rings. The van der Waals surface area contributed by atoms with Crippen LogP contribution in [0.2, 0.25) is 5.02 Å². The number of carbonyl (C=O) groups is 1. The second-order valence-electron chi connectivity index (χ2n) is 4.35. The summed E-state index contributed by atoms with van der Waals surface area (Å²) in [6.07, 6.45) is 0. The van der Waals surface area contributed by atoms with Crippen LogP contribution < -0.4 is 0 Å². The van der Waals surface area contributed by atoms with Crippen molar-refractivity contribution in [2.75, 3.05) is 0 Å². The molecule has 2 nitrogen and oxygen atoms in total. The van der Waals surface area contributed by atoms with Gasteiger partial charge in [0.05, 0.1) is 10.9 Å². The topological polar surface area (TPSA) is 40.9 Å². The molecule has 0 N–H and O–H groups in total. The smallest absolute Gasteiger partial charge is 0.194 e. The average Bonchev–Trinajstić information content (AvgIpc) is 3.02. The van der Waals surface area contributed by atoms with Crippen molar-refractivity contribution in [3.05, 3.63) is 57.0 Å². The molecule has 3 aromatic rings. The first-order valence-corrected chi connectivity index (χ1v) is 8.03. The van der Waals surface area contributed by atoms with E-state index in [9.17, 15) is 14.4 Å². The molecule has 6 heteroatoms. The Labute approximate surface area is 133 Å². The van der Waals surface area contributed by atoms with E-state index < -0.39 is 11.7 Å². The minimum atomic E-state index is -1.02. The Balaban J connectivity index is 2.01. The highest BCUT2D eigenvalue weighted by Crippen LogP contribution is 2.34.